The largest absolute Gasteiger partial charge is 0.441 e. The topological polar surface area (TPSA) is 114 Å². The first-order valence-corrected chi connectivity index (χ1v) is 16.2. The molecular weight excluding hydrogens is 544 g/mol. The molecule has 1 amide bonds. The summed E-state index contributed by atoms with van der Waals surface area (Å²) in [6.45, 7) is 4.55. The van der Waals surface area contributed by atoms with E-state index in [2.05, 4.69) is 5.32 Å². The van der Waals surface area contributed by atoms with E-state index in [1.807, 2.05) is 44.2 Å². The summed E-state index contributed by atoms with van der Waals surface area (Å²) in [5.41, 5.74) is 0.965. The monoisotopic (exact) mass is 584 g/mol. The van der Waals surface area contributed by atoms with E-state index in [-0.39, 0.29) is 41.9 Å². The molecule has 41 heavy (non-hydrogen) atoms. The lowest BCUT2D eigenvalue weighted by molar-refractivity contribution is -0.229. The van der Waals surface area contributed by atoms with Crippen molar-refractivity contribution in [3.63, 3.8) is 0 Å². The quantitative estimate of drug-likeness (QED) is 0.388. The van der Waals surface area contributed by atoms with Crippen LogP contribution < -0.4 is 5.32 Å². The Labute approximate surface area is 242 Å². The van der Waals surface area contributed by atoms with E-state index in [1.165, 1.54) is 4.31 Å². The van der Waals surface area contributed by atoms with E-state index >= 15 is 0 Å². The molecule has 6 atom stereocenters. The normalized spacial score (nSPS) is 28.3. The number of rotatable bonds is 12. The van der Waals surface area contributed by atoms with Crippen molar-refractivity contribution in [3.8, 4) is 0 Å². The highest BCUT2D eigenvalue weighted by molar-refractivity contribution is 7.89. The third-order valence-corrected chi connectivity index (χ3v) is 10.6. The number of hydrogen-bond acceptors (Lipinski definition) is 7. The number of carbonyl (C=O) groups is 1. The van der Waals surface area contributed by atoms with Crippen molar-refractivity contribution in [1.82, 2.24) is 9.62 Å². The van der Waals surface area contributed by atoms with Crippen molar-refractivity contribution in [1.29, 1.82) is 0 Å². The number of hydrogen-bond donors (Lipinski definition) is 2. The molecule has 2 N–H and O–H groups in total. The third kappa shape index (κ3) is 6.17. The molecule has 4 bridgehead atoms. The van der Waals surface area contributed by atoms with Crippen LogP contribution in [-0.2, 0) is 36.3 Å². The van der Waals surface area contributed by atoms with Gasteiger partial charge in [0, 0.05) is 25.0 Å². The maximum Gasteiger partial charge on any atom is 0.407 e. The highest BCUT2D eigenvalue weighted by Crippen LogP contribution is 2.48. The summed E-state index contributed by atoms with van der Waals surface area (Å²) in [6, 6.07) is 16.0. The third-order valence-electron chi connectivity index (χ3n) is 8.74. The summed E-state index contributed by atoms with van der Waals surface area (Å²) in [5.74, 6) is 0.497. The first kappa shape index (κ1) is 28.6. The molecule has 222 valence electrons. The average molecular weight is 585 g/mol. The zero-order chi connectivity index (χ0) is 28.8. The lowest BCUT2D eigenvalue weighted by atomic mass is 9.88. The number of alkyl carbamates (subject to hydrolysis) is 1. The number of benzene rings is 2. The minimum atomic E-state index is -3.79. The Hall–Kier alpha value is -2.50. The van der Waals surface area contributed by atoms with E-state index in [9.17, 15) is 18.3 Å². The summed E-state index contributed by atoms with van der Waals surface area (Å²) in [6.07, 6.45) is 2.62. The predicted molar refractivity (Wildman–Crippen MR) is 151 cm³/mol. The SMILES string of the molecule is CC(C)CN(CC[C@H](Cc1ccccc1)NC(=O)O[C@@H]1C2CC3C[C@@H]1OC3O2)S(=O)(=O)c1ccc(C2(O)CC2)cc1. The van der Waals surface area contributed by atoms with Crippen molar-refractivity contribution in [3.05, 3.63) is 65.7 Å². The maximum atomic E-state index is 13.7. The lowest BCUT2D eigenvalue weighted by Crippen LogP contribution is -2.49. The fourth-order valence-corrected chi connectivity index (χ4v) is 8.02. The van der Waals surface area contributed by atoms with Gasteiger partial charge in [-0.05, 0) is 67.7 Å². The van der Waals surface area contributed by atoms with Gasteiger partial charge in [-0.1, -0.05) is 56.3 Å². The van der Waals surface area contributed by atoms with Crippen LogP contribution in [0.5, 0.6) is 0 Å². The van der Waals surface area contributed by atoms with Crippen LogP contribution in [0.2, 0.25) is 0 Å². The first-order chi connectivity index (χ1) is 19.6. The fourth-order valence-electron chi connectivity index (χ4n) is 6.40. The molecule has 3 heterocycles. The Morgan fingerprint density at radius 1 is 1.07 bits per heavy atom. The van der Waals surface area contributed by atoms with Crippen LogP contribution >= 0.6 is 0 Å². The van der Waals surface area contributed by atoms with Gasteiger partial charge in [-0.3, -0.25) is 0 Å². The molecule has 2 aromatic rings. The zero-order valence-electron chi connectivity index (χ0n) is 23.6. The molecule has 3 unspecified atom stereocenters. The van der Waals surface area contributed by atoms with Crippen LogP contribution in [0.25, 0.3) is 0 Å². The van der Waals surface area contributed by atoms with Crippen molar-refractivity contribution >= 4 is 16.1 Å². The maximum absolute atomic E-state index is 13.7. The van der Waals surface area contributed by atoms with Gasteiger partial charge in [-0.15, -0.1) is 0 Å². The fraction of sp³-hybridized carbons (Fsp3) is 0.581. The van der Waals surface area contributed by atoms with Gasteiger partial charge in [0.25, 0.3) is 0 Å². The van der Waals surface area contributed by atoms with Gasteiger partial charge in [0.1, 0.15) is 12.2 Å². The summed E-state index contributed by atoms with van der Waals surface area (Å²) in [4.78, 5) is 13.3. The minimum absolute atomic E-state index is 0.106. The molecule has 3 saturated heterocycles. The minimum Gasteiger partial charge on any atom is -0.441 e. The summed E-state index contributed by atoms with van der Waals surface area (Å²) in [5, 5.41) is 13.4. The molecule has 2 aliphatic carbocycles. The predicted octanol–water partition coefficient (Wildman–Crippen LogP) is 3.94. The van der Waals surface area contributed by atoms with E-state index in [1.54, 1.807) is 24.3 Å². The van der Waals surface area contributed by atoms with Gasteiger partial charge < -0.3 is 24.6 Å². The smallest absolute Gasteiger partial charge is 0.407 e. The summed E-state index contributed by atoms with van der Waals surface area (Å²) >= 11 is 0. The Kier molecular flexibility index (Phi) is 7.88. The Morgan fingerprint density at radius 2 is 1.73 bits per heavy atom. The van der Waals surface area contributed by atoms with E-state index in [0.29, 0.717) is 38.1 Å². The molecule has 0 aromatic heterocycles. The summed E-state index contributed by atoms with van der Waals surface area (Å²) < 4.78 is 46.6. The van der Waals surface area contributed by atoms with Gasteiger partial charge in [0.05, 0.1) is 10.5 Å². The Bertz CT molecular complexity index is 1300. The highest BCUT2D eigenvalue weighted by Gasteiger charge is 2.57. The molecular formula is C31H40N2O7S. The van der Waals surface area contributed by atoms with E-state index in [4.69, 9.17) is 14.2 Å². The van der Waals surface area contributed by atoms with E-state index < -0.39 is 27.8 Å². The van der Waals surface area contributed by atoms with Crippen molar-refractivity contribution in [2.75, 3.05) is 13.1 Å². The number of nitrogens with one attached hydrogen (secondary N) is 1. The van der Waals surface area contributed by atoms with Crippen LogP contribution in [0.4, 0.5) is 4.79 Å². The second-order valence-corrected chi connectivity index (χ2v) is 14.4. The van der Waals surface area contributed by atoms with Gasteiger partial charge in [-0.25, -0.2) is 13.2 Å². The zero-order valence-corrected chi connectivity index (χ0v) is 24.5. The van der Waals surface area contributed by atoms with Gasteiger partial charge in [-0.2, -0.15) is 4.31 Å². The average Bonchev–Trinajstić information content (AvgIpc) is 3.48. The number of sulfonamides is 1. The second kappa shape index (κ2) is 11.3. The lowest BCUT2D eigenvalue weighted by Gasteiger charge is -2.34. The van der Waals surface area contributed by atoms with Crippen LogP contribution in [0.3, 0.4) is 0 Å². The van der Waals surface area contributed by atoms with Crippen molar-refractivity contribution in [2.45, 2.75) is 93.5 Å². The molecule has 10 heteroatoms. The number of carbonyl (C=O) groups excluding carboxylic acids is 1. The molecule has 0 radical (unpaired) electrons. The molecule has 2 aromatic carbocycles. The number of amides is 1. The van der Waals surface area contributed by atoms with Crippen LogP contribution in [0, 0.1) is 11.8 Å². The van der Waals surface area contributed by atoms with Crippen molar-refractivity contribution in [2.24, 2.45) is 11.8 Å². The molecule has 0 spiro atoms. The van der Waals surface area contributed by atoms with Gasteiger partial charge in [0.15, 0.2) is 12.4 Å². The van der Waals surface area contributed by atoms with Gasteiger partial charge in [0.2, 0.25) is 10.0 Å². The van der Waals surface area contributed by atoms with E-state index in [0.717, 1.165) is 24.0 Å². The summed E-state index contributed by atoms with van der Waals surface area (Å²) in [7, 11) is -3.79. The molecule has 9 nitrogen and oxygen atoms in total. The second-order valence-electron chi connectivity index (χ2n) is 12.5. The first-order valence-electron chi connectivity index (χ1n) is 14.8. The molecule has 5 fully saturated rings. The van der Waals surface area contributed by atoms with Crippen LogP contribution in [0.1, 0.15) is 57.1 Å². The highest BCUT2D eigenvalue weighted by atomic mass is 32.2. The molecule has 5 aliphatic rings. The van der Waals surface area contributed by atoms with Crippen molar-refractivity contribution < 1.29 is 32.5 Å². The molecule has 3 aliphatic heterocycles. The Balaban J connectivity index is 1.15. The number of aliphatic hydroxyl groups is 1. The van der Waals surface area contributed by atoms with Gasteiger partial charge >= 0.3 is 6.09 Å². The number of nitrogens with zero attached hydrogens (tertiary/aromatic N) is 1. The molecule has 7 rings (SSSR count). The standard InChI is InChI=1S/C31H40N2O7S/c1-20(2)19-33(41(36,37)25-10-8-23(9-11-25)31(35)13-14-31)15-12-24(16-21-6-4-3-5-7-21)32-30(34)40-28-26-17-22-18-27(28)39-29(22)38-26/h3-11,20,22,24,26-29,35H,12-19H2,1-2H3,(H,32,34)/t22?,24-,26+,27?,28+,29?/m1/s1. The Morgan fingerprint density at radius 3 is 2.32 bits per heavy atom. The van der Waals surface area contributed by atoms with Crippen LogP contribution in [0.15, 0.2) is 59.5 Å². The van der Waals surface area contributed by atoms with Crippen LogP contribution in [-0.4, -0.2) is 67.7 Å². The number of ether oxygens (including phenoxy) is 3. The molecule has 2 saturated carbocycles.